The van der Waals surface area contributed by atoms with E-state index in [1.807, 2.05) is 56.3 Å². The van der Waals surface area contributed by atoms with E-state index in [0.29, 0.717) is 6.54 Å². The van der Waals surface area contributed by atoms with E-state index in [2.05, 4.69) is 4.57 Å². The van der Waals surface area contributed by atoms with Gasteiger partial charge >= 0.3 is 0 Å². The summed E-state index contributed by atoms with van der Waals surface area (Å²) in [5.41, 5.74) is 4.38. The topological polar surface area (TPSA) is 17.8 Å². The summed E-state index contributed by atoms with van der Waals surface area (Å²) in [6.45, 7) is 4.47. The number of hydrogen-bond donors (Lipinski definition) is 0. The van der Waals surface area contributed by atoms with Crippen LogP contribution in [-0.4, -0.2) is 16.0 Å². The SMILES string of the molecule is Cc1ccc2c(c1)C(C)(CC(F)F)Cn1c-2nc2ccccc21. The average Bonchev–Trinajstić information content (AvgIpc) is 2.85. The fourth-order valence-corrected chi connectivity index (χ4v) is 3.74. The van der Waals surface area contributed by atoms with Crippen molar-refractivity contribution in [3.63, 3.8) is 0 Å². The highest BCUT2D eigenvalue weighted by molar-refractivity contribution is 5.82. The Labute approximate surface area is 133 Å². The minimum absolute atomic E-state index is 0.143. The Bertz CT molecular complexity index is 898. The molecule has 0 amide bonds. The van der Waals surface area contributed by atoms with Crippen LogP contribution in [0.5, 0.6) is 0 Å². The maximum atomic E-state index is 13.3. The molecule has 23 heavy (non-hydrogen) atoms. The minimum Gasteiger partial charge on any atom is -0.323 e. The van der Waals surface area contributed by atoms with Gasteiger partial charge in [0.2, 0.25) is 6.43 Å². The van der Waals surface area contributed by atoms with Crippen molar-refractivity contribution in [2.45, 2.75) is 38.7 Å². The molecule has 1 aromatic heterocycles. The molecule has 0 fully saturated rings. The summed E-state index contributed by atoms with van der Waals surface area (Å²) in [4.78, 5) is 4.74. The number of aryl methyl sites for hydroxylation is 1. The number of nitrogens with zero attached hydrogens (tertiary/aromatic N) is 2. The van der Waals surface area contributed by atoms with Crippen molar-refractivity contribution < 1.29 is 8.78 Å². The van der Waals surface area contributed by atoms with Gasteiger partial charge in [0.25, 0.3) is 0 Å². The predicted molar refractivity (Wildman–Crippen MR) is 87.9 cm³/mol. The maximum Gasteiger partial charge on any atom is 0.239 e. The van der Waals surface area contributed by atoms with Crippen LogP contribution in [0, 0.1) is 6.92 Å². The first-order chi connectivity index (χ1) is 11.0. The lowest BCUT2D eigenvalue weighted by atomic mass is 9.74. The molecule has 4 rings (SSSR count). The highest BCUT2D eigenvalue weighted by atomic mass is 19.3. The Hall–Kier alpha value is -2.23. The lowest BCUT2D eigenvalue weighted by molar-refractivity contribution is 0.101. The second-order valence-corrected chi connectivity index (χ2v) is 6.72. The third-order valence-electron chi connectivity index (χ3n) is 4.83. The quantitative estimate of drug-likeness (QED) is 0.655. The standard InChI is InChI=1S/C19H18F2N2/c1-12-7-8-13-14(9-12)19(2,10-17(20)21)11-23-16-6-4-3-5-15(16)22-18(13)23/h3-9,17H,10-11H2,1-2H3. The Morgan fingerprint density at radius 1 is 1.22 bits per heavy atom. The van der Waals surface area contributed by atoms with Crippen LogP contribution in [0.3, 0.4) is 0 Å². The van der Waals surface area contributed by atoms with Crippen LogP contribution in [0.15, 0.2) is 42.5 Å². The lowest BCUT2D eigenvalue weighted by Crippen LogP contribution is -2.34. The van der Waals surface area contributed by atoms with Crippen LogP contribution >= 0.6 is 0 Å². The predicted octanol–water partition coefficient (Wildman–Crippen LogP) is 4.94. The molecule has 0 spiro atoms. The monoisotopic (exact) mass is 312 g/mol. The summed E-state index contributed by atoms with van der Waals surface area (Å²) in [7, 11) is 0. The van der Waals surface area contributed by atoms with E-state index in [-0.39, 0.29) is 6.42 Å². The van der Waals surface area contributed by atoms with E-state index in [1.54, 1.807) is 0 Å². The molecule has 0 saturated heterocycles. The lowest BCUT2D eigenvalue weighted by Gasteiger charge is -2.37. The van der Waals surface area contributed by atoms with Crippen LogP contribution in [0.2, 0.25) is 0 Å². The molecule has 2 nitrogen and oxygen atoms in total. The minimum atomic E-state index is -2.33. The largest absolute Gasteiger partial charge is 0.323 e. The molecule has 2 aromatic carbocycles. The molecule has 1 atom stereocenters. The number of fused-ring (bicyclic) bond motifs is 5. The van der Waals surface area contributed by atoms with Gasteiger partial charge in [-0.05, 0) is 24.6 Å². The molecule has 0 aliphatic carbocycles. The molecule has 1 unspecified atom stereocenters. The van der Waals surface area contributed by atoms with Gasteiger partial charge in [-0.1, -0.05) is 42.8 Å². The summed E-state index contributed by atoms with van der Waals surface area (Å²) < 4.78 is 28.6. The average molecular weight is 312 g/mol. The van der Waals surface area contributed by atoms with E-state index in [0.717, 1.165) is 33.5 Å². The molecule has 0 bridgehead atoms. The first-order valence-corrected chi connectivity index (χ1v) is 7.83. The fraction of sp³-hybridized carbons (Fsp3) is 0.316. The Morgan fingerprint density at radius 2 is 2.00 bits per heavy atom. The van der Waals surface area contributed by atoms with E-state index in [9.17, 15) is 8.78 Å². The zero-order chi connectivity index (χ0) is 16.2. The number of para-hydroxylation sites is 2. The molecule has 118 valence electrons. The number of hydrogen-bond acceptors (Lipinski definition) is 1. The highest BCUT2D eigenvalue weighted by Gasteiger charge is 2.38. The van der Waals surface area contributed by atoms with Gasteiger partial charge in [-0.3, -0.25) is 0 Å². The Morgan fingerprint density at radius 3 is 2.78 bits per heavy atom. The van der Waals surface area contributed by atoms with Crippen molar-refractivity contribution in [2.24, 2.45) is 0 Å². The van der Waals surface area contributed by atoms with Gasteiger partial charge in [0.15, 0.2) is 0 Å². The molecular weight excluding hydrogens is 294 g/mol. The Balaban J connectivity index is 2.01. The van der Waals surface area contributed by atoms with Crippen molar-refractivity contribution in [3.05, 3.63) is 53.6 Å². The molecule has 1 aliphatic rings. The van der Waals surface area contributed by atoms with Gasteiger partial charge in [0.05, 0.1) is 11.0 Å². The van der Waals surface area contributed by atoms with Gasteiger partial charge in [0, 0.05) is 23.9 Å². The summed E-state index contributed by atoms with van der Waals surface area (Å²) in [5.74, 6) is 0.882. The van der Waals surface area contributed by atoms with E-state index in [1.165, 1.54) is 0 Å². The van der Waals surface area contributed by atoms with Gasteiger partial charge in [-0.25, -0.2) is 13.8 Å². The molecule has 0 N–H and O–H groups in total. The number of aromatic nitrogens is 2. The van der Waals surface area contributed by atoms with Crippen molar-refractivity contribution >= 4 is 11.0 Å². The fourth-order valence-electron chi connectivity index (χ4n) is 3.74. The third kappa shape index (κ3) is 2.16. The molecule has 0 radical (unpaired) electrons. The molecule has 1 aliphatic heterocycles. The second-order valence-electron chi connectivity index (χ2n) is 6.72. The summed E-state index contributed by atoms with van der Waals surface area (Å²) in [6, 6.07) is 14.0. The first kappa shape index (κ1) is 14.4. The van der Waals surface area contributed by atoms with Gasteiger partial charge < -0.3 is 4.57 Å². The number of alkyl halides is 2. The summed E-state index contributed by atoms with van der Waals surface area (Å²) in [5, 5.41) is 0. The van der Waals surface area contributed by atoms with Crippen LogP contribution in [0.25, 0.3) is 22.4 Å². The van der Waals surface area contributed by atoms with Crippen LogP contribution < -0.4 is 0 Å². The van der Waals surface area contributed by atoms with Gasteiger partial charge in [0.1, 0.15) is 5.82 Å². The number of rotatable bonds is 2. The smallest absolute Gasteiger partial charge is 0.239 e. The van der Waals surface area contributed by atoms with E-state index in [4.69, 9.17) is 4.98 Å². The zero-order valence-corrected chi connectivity index (χ0v) is 13.2. The maximum absolute atomic E-state index is 13.3. The van der Waals surface area contributed by atoms with Crippen molar-refractivity contribution in [2.75, 3.05) is 0 Å². The highest BCUT2D eigenvalue weighted by Crippen LogP contribution is 2.44. The van der Waals surface area contributed by atoms with Crippen LogP contribution in [0.1, 0.15) is 24.5 Å². The van der Waals surface area contributed by atoms with Crippen molar-refractivity contribution in [1.29, 1.82) is 0 Å². The van der Waals surface area contributed by atoms with E-state index < -0.39 is 11.8 Å². The number of imidazole rings is 1. The molecule has 2 heterocycles. The summed E-state index contributed by atoms with van der Waals surface area (Å²) >= 11 is 0. The molecule has 4 heteroatoms. The zero-order valence-electron chi connectivity index (χ0n) is 13.2. The van der Waals surface area contributed by atoms with Crippen molar-refractivity contribution in [3.8, 4) is 11.4 Å². The number of halogens is 2. The Kier molecular flexibility index (Phi) is 3.05. The molecular formula is C19H18F2N2. The van der Waals surface area contributed by atoms with Gasteiger partial charge in [-0.2, -0.15) is 0 Å². The second kappa shape index (κ2) is 4.88. The van der Waals surface area contributed by atoms with Gasteiger partial charge in [-0.15, -0.1) is 0 Å². The third-order valence-corrected chi connectivity index (χ3v) is 4.83. The first-order valence-electron chi connectivity index (χ1n) is 7.83. The molecule has 3 aromatic rings. The summed E-state index contributed by atoms with van der Waals surface area (Å²) in [6.07, 6.45) is -2.47. The van der Waals surface area contributed by atoms with E-state index >= 15 is 0 Å². The normalized spacial score (nSPS) is 19.9. The molecule has 0 saturated carbocycles. The van der Waals surface area contributed by atoms with Crippen LogP contribution in [0.4, 0.5) is 8.78 Å². The van der Waals surface area contributed by atoms with Crippen LogP contribution in [-0.2, 0) is 12.0 Å². The van der Waals surface area contributed by atoms with Crippen molar-refractivity contribution in [1.82, 2.24) is 9.55 Å². The number of benzene rings is 2.